The second-order valence-electron chi connectivity index (χ2n) is 10.2. The second kappa shape index (κ2) is 12.6. The van der Waals surface area contributed by atoms with Crippen LogP contribution in [0.1, 0.15) is 66.6 Å². The fourth-order valence-electron chi connectivity index (χ4n) is 5.63. The van der Waals surface area contributed by atoms with E-state index in [-0.39, 0.29) is 24.1 Å². The number of carbonyl (C=O) groups is 2. The lowest BCUT2D eigenvalue weighted by atomic mass is 9.94. The second-order valence-corrected chi connectivity index (χ2v) is 10.2. The maximum atomic E-state index is 14.3. The SMILES string of the molecule is CCOC(=O)c1c(N(Cc2ccccc2)C(C(=O)NC2CCCCC2)c2ccccc2)c2ccccc2[nH]c1=O. The molecule has 1 fully saturated rings. The van der Waals surface area contributed by atoms with Gasteiger partial charge in [0.2, 0.25) is 5.91 Å². The van der Waals surface area contributed by atoms with Crippen LogP contribution < -0.4 is 15.8 Å². The first kappa shape index (κ1) is 27.2. The Morgan fingerprint density at radius 2 is 1.57 bits per heavy atom. The average Bonchev–Trinajstić information content (AvgIpc) is 2.98. The lowest BCUT2D eigenvalue weighted by Crippen LogP contribution is -2.46. The van der Waals surface area contributed by atoms with Crippen LogP contribution in [-0.4, -0.2) is 29.5 Å². The van der Waals surface area contributed by atoms with E-state index in [1.54, 1.807) is 13.0 Å². The molecule has 0 aliphatic heterocycles. The molecule has 1 saturated carbocycles. The third-order valence-corrected chi connectivity index (χ3v) is 7.48. The molecule has 1 amide bonds. The molecule has 1 atom stereocenters. The molecule has 7 nitrogen and oxygen atoms in total. The Kier molecular flexibility index (Phi) is 8.59. The van der Waals surface area contributed by atoms with E-state index in [2.05, 4.69) is 10.3 Å². The van der Waals surface area contributed by atoms with Gasteiger partial charge in [-0.1, -0.05) is 98.1 Å². The minimum Gasteiger partial charge on any atom is -0.462 e. The number of hydrogen-bond acceptors (Lipinski definition) is 5. The zero-order valence-corrected chi connectivity index (χ0v) is 22.8. The number of aromatic nitrogens is 1. The maximum absolute atomic E-state index is 14.3. The average molecular weight is 538 g/mol. The monoisotopic (exact) mass is 537 g/mol. The highest BCUT2D eigenvalue weighted by atomic mass is 16.5. The first-order chi connectivity index (χ1) is 19.6. The molecular weight excluding hydrogens is 502 g/mol. The van der Waals surface area contributed by atoms with Gasteiger partial charge in [-0.3, -0.25) is 9.59 Å². The van der Waals surface area contributed by atoms with Gasteiger partial charge in [0.15, 0.2) is 0 Å². The number of anilines is 1. The first-order valence-corrected chi connectivity index (χ1v) is 14.0. The molecule has 1 aromatic heterocycles. The van der Waals surface area contributed by atoms with Crippen LogP contribution in [0.5, 0.6) is 0 Å². The predicted octanol–water partition coefficient (Wildman–Crippen LogP) is 5.90. The number of nitrogens with one attached hydrogen (secondary N) is 2. The molecule has 1 aliphatic rings. The summed E-state index contributed by atoms with van der Waals surface area (Å²) in [6, 6.07) is 26.0. The fourth-order valence-corrected chi connectivity index (χ4v) is 5.63. The fraction of sp³-hybridized carbons (Fsp3) is 0.303. The number of para-hydroxylation sites is 1. The van der Waals surface area contributed by atoms with E-state index in [9.17, 15) is 14.4 Å². The first-order valence-electron chi connectivity index (χ1n) is 14.0. The number of fused-ring (bicyclic) bond motifs is 1. The summed E-state index contributed by atoms with van der Waals surface area (Å²) < 4.78 is 5.38. The topological polar surface area (TPSA) is 91.5 Å². The number of aromatic amines is 1. The summed E-state index contributed by atoms with van der Waals surface area (Å²) in [5.74, 6) is -0.879. The summed E-state index contributed by atoms with van der Waals surface area (Å²) in [6.45, 7) is 2.12. The van der Waals surface area contributed by atoms with E-state index in [1.165, 1.54) is 6.42 Å². The molecule has 0 saturated heterocycles. The lowest BCUT2D eigenvalue weighted by Gasteiger charge is -2.36. The Labute approximate surface area is 234 Å². The number of H-pyrrole nitrogens is 1. The highest BCUT2D eigenvalue weighted by molar-refractivity contribution is 6.06. The number of esters is 1. The molecule has 40 heavy (non-hydrogen) atoms. The van der Waals surface area contributed by atoms with Crippen molar-refractivity contribution in [3.63, 3.8) is 0 Å². The van der Waals surface area contributed by atoms with Gasteiger partial charge in [-0.15, -0.1) is 0 Å². The van der Waals surface area contributed by atoms with Crippen LogP contribution in [0.4, 0.5) is 5.69 Å². The summed E-state index contributed by atoms with van der Waals surface area (Å²) in [5, 5.41) is 3.97. The van der Waals surface area contributed by atoms with Gasteiger partial charge >= 0.3 is 5.97 Å². The largest absolute Gasteiger partial charge is 0.462 e. The molecular formula is C33H35N3O4. The highest BCUT2D eigenvalue weighted by Crippen LogP contribution is 2.36. The zero-order chi connectivity index (χ0) is 27.9. The van der Waals surface area contributed by atoms with Crippen molar-refractivity contribution in [1.82, 2.24) is 10.3 Å². The molecule has 206 valence electrons. The Hall–Kier alpha value is -4.39. The van der Waals surface area contributed by atoms with Crippen molar-refractivity contribution in [2.45, 2.75) is 57.7 Å². The molecule has 2 N–H and O–H groups in total. The Morgan fingerprint density at radius 1 is 0.925 bits per heavy atom. The van der Waals surface area contributed by atoms with Crippen LogP contribution in [0, 0.1) is 0 Å². The van der Waals surface area contributed by atoms with Gasteiger partial charge in [-0.25, -0.2) is 4.79 Å². The molecule has 3 aromatic carbocycles. The lowest BCUT2D eigenvalue weighted by molar-refractivity contribution is -0.123. The molecule has 1 unspecified atom stereocenters. The highest BCUT2D eigenvalue weighted by Gasteiger charge is 2.35. The molecule has 5 rings (SSSR count). The molecule has 0 bridgehead atoms. The number of amides is 1. The number of benzene rings is 3. The molecule has 7 heteroatoms. The minimum absolute atomic E-state index is 0.0893. The van der Waals surface area contributed by atoms with E-state index in [1.807, 2.05) is 83.8 Å². The third kappa shape index (κ3) is 5.93. The van der Waals surface area contributed by atoms with Crippen LogP contribution >= 0.6 is 0 Å². The van der Waals surface area contributed by atoms with Crippen molar-refractivity contribution < 1.29 is 14.3 Å². The van der Waals surface area contributed by atoms with Crippen LogP contribution in [0.15, 0.2) is 89.7 Å². The molecule has 1 aliphatic carbocycles. The molecule has 1 heterocycles. The van der Waals surface area contributed by atoms with Crippen LogP contribution in [0.25, 0.3) is 10.9 Å². The maximum Gasteiger partial charge on any atom is 0.345 e. The predicted molar refractivity (Wildman–Crippen MR) is 157 cm³/mol. The number of ether oxygens (including phenoxy) is 1. The van der Waals surface area contributed by atoms with Crippen LogP contribution in [0.3, 0.4) is 0 Å². The quantitative estimate of drug-likeness (QED) is 0.259. The number of hydrogen-bond donors (Lipinski definition) is 2. The standard InChI is InChI=1S/C33H35N3O4/c1-2-40-33(39)28-30(26-20-12-13-21-27(26)35-31(28)37)36(22-23-14-6-3-7-15-23)29(24-16-8-4-9-17-24)32(38)34-25-18-10-5-11-19-25/h3-4,6-9,12-17,20-21,25,29H,2,5,10-11,18-19,22H2,1H3,(H,34,38)(H,35,37). The number of pyridine rings is 1. The van der Waals surface area contributed by atoms with E-state index in [0.717, 1.165) is 36.8 Å². The Morgan fingerprint density at radius 3 is 2.27 bits per heavy atom. The van der Waals surface area contributed by atoms with Gasteiger partial charge in [-0.05, 0) is 37.0 Å². The van der Waals surface area contributed by atoms with Crippen LogP contribution in [-0.2, 0) is 16.1 Å². The third-order valence-electron chi connectivity index (χ3n) is 7.48. The summed E-state index contributed by atoms with van der Waals surface area (Å²) in [4.78, 5) is 45.9. The van der Waals surface area contributed by atoms with Gasteiger partial charge in [0.25, 0.3) is 5.56 Å². The van der Waals surface area contributed by atoms with Gasteiger partial charge in [0.1, 0.15) is 11.6 Å². The van der Waals surface area contributed by atoms with Crippen molar-refractivity contribution >= 4 is 28.5 Å². The summed E-state index contributed by atoms with van der Waals surface area (Å²) >= 11 is 0. The Balaban J connectivity index is 1.75. The number of rotatable bonds is 9. The Bertz CT molecular complexity index is 1510. The van der Waals surface area contributed by atoms with Gasteiger partial charge in [0.05, 0.1) is 17.8 Å². The van der Waals surface area contributed by atoms with E-state index < -0.39 is 17.6 Å². The van der Waals surface area contributed by atoms with Crippen molar-refractivity contribution in [3.8, 4) is 0 Å². The minimum atomic E-state index is -0.804. The number of carbonyl (C=O) groups excluding carboxylic acids is 2. The molecule has 0 radical (unpaired) electrons. The summed E-state index contributed by atoms with van der Waals surface area (Å²) in [6.07, 6.45) is 5.22. The van der Waals surface area contributed by atoms with Crippen LogP contribution in [0.2, 0.25) is 0 Å². The normalized spacial score (nSPS) is 14.4. The van der Waals surface area contributed by atoms with E-state index in [0.29, 0.717) is 23.1 Å². The van der Waals surface area contributed by atoms with E-state index >= 15 is 0 Å². The molecule has 0 spiro atoms. The zero-order valence-electron chi connectivity index (χ0n) is 22.8. The summed E-state index contributed by atoms with van der Waals surface area (Å²) in [7, 11) is 0. The molecule has 4 aromatic rings. The van der Waals surface area contributed by atoms with Gasteiger partial charge in [0, 0.05) is 18.0 Å². The van der Waals surface area contributed by atoms with Crippen molar-refractivity contribution in [3.05, 3.63) is 112 Å². The smallest absolute Gasteiger partial charge is 0.345 e. The van der Waals surface area contributed by atoms with Gasteiger partial charge < -0.3 is 19.9 Å². The summed E-state index contributed by atoms with van der Waals surface area (Å²) in [5.41, 5.74) is 2.01. The number of nitrogens with zero attached hydrogens (tertiary/aromatic N) is 1. The van der Waals surface area contributed by atoms with Crippen molar-refractivity contribution in [2.75, 3.05) is 11.5 Å². The van der Waals surface area contributed by atoms with Gasteiger partial charge in [-0.2, -0.15) is 0 Å². The van der Waals surface area contributed by atoms with Crippen molar-refractivity contribution in [1.29, 1.82) is 0 Å². The van der Waals surface area contributed by atoms with E-state index in [4.69, 9.17) is 4.74 Å². The van der Waals surface area contributed by atoms with Crippen molar-refractivity contribution in [2.24, 2.45) is 0 Å².